The van der Waals surface area contributed by atoms with Crippen LogP contribution in [0.5, 0.6) is 0 Å². The Labute approximate surface area is 101 Å². The number of hydrogen-bond acceptors (Lipinski definition) is 2. The summed E-state index contributed by atoms with van der Waals surface area (Å²) in [6.07, 6.45) is 8.02. The van der Waals surface area contributed by atoms with Crippen molar-refractivity contribution in [2.75, 3.05) is 13.6 Å². The summed E-state index contributed by atoms with van der Waals surface area (Å²) in [5, 5.41) is 9.76. The largest absolute Gasteiger partial charge is 0.393 e. The maximum absolute atomic E-state index is 9.76. The molecule has 1 aliphatic carbocycles. The molecule has 2 heteroatoms. The van der Waals surface area contributed by atoms with E-state index in [9.17, 15) is 5.11 Å². The van der Waals surface area contributed by atoms with Crippen LogP contribution in [0.1, 0.15) is 59.3 Å². The molecule has 0 saturated heterocycles. The number of rotatable bonds is 4. The third-order valence-electron chi connectivity index (χ3n) is 4.24. The second-order valence-electron chi connectivity index (χ2n) is 6.23. The first-order valence-corrected chi connectivity index (χ1v) is 6.82. The first kappa shape index (κ1) is 14.0. The summed E-state index contributed by atoms with van der Waals surface area (Å²) in [7, 11) is 2.22. The molecule has 1 N–H and O–H groups in total. The summed E-state index contributed by atoms with van der Waals surface area (Å²) < 4.78 is 0. The molecule has 2 nitrogen and oxygen atoms in total. The molecule has 1 fully saturated rings. The lowest BCUT2D eigenvalue weighted by molar-refractivity contribution is 0.0285. The highest BCUT2D eigenvalue weighted by atomic mass is 16.3. The molecular formula is C14H29NO. The standard InChI is InChI=1S/C14H29NO/c1-12(16)14(2,3)11-15(4)13-9-7-5-6-8-10-13/h12-13,16H,5-11H2,1-4H3. The van der Waals surface area contributed by atoms with Gasteiger partial charge in [-0.2, -0.15) is 0 Å². The van der Waals surface area contributed by atoms with Crippen molar-refractivity contribution in [2.45, 2.75) is 71.4 Å². The van der Waals surface area contributed by atoms with Crippen LogP contribution in [0.4, 0.5) is 0 Å². The molecule has 0 spiro atoms. The summed E-state index contributed by atoms with van der Waals surface area (Å²) in [5.41, 5.74) is 0.00105. The van der Waals surface area contributed by atoms with Gasteiger partial charge in [0.1, 0.15) is 0 Å². The molecule has 0 aromatic heterocycles. The lowest BCUT2D eigenvalue weighted by Crippen LogP contribution is -2.43. The predicted octanol–water partition coefficient (Wildman–Crippen LogP) is 3.05. The maximum Gasteiger partial charge on any atom is 0.0575 e. The first-order valence-electron chi connectivity index (χ1n) is 6.82. The van der Waals surface area contributed by atoms with E-state index in [1.165, 1.54) is 38.5 Å². The van der Waals surface area contributed by atoms with Crippen molar-refractivity contribution in [3.05, 3.63) is 0 Å². The van der Waals surface area contributed by atoms with Crippen LogP contribution in [0.25, 0.3) is 0 Å². The van der Waals surface area contributed by atoms with Crippen molar-refractivity contribution in [3.63, 3.8) is 0 Å². The number of aliphatic hydroxyl groups excluding tert-OH is 1. The molecule has 0 bridgehead atoms. The smallest absolute Gasteiger partial charge is 0.0575 e. The highest BCUT2D eigenvalue weighted by molar-refractivity contribution is 4.81. The lowest BCUT2D eigenvalue weighted by atomic mass is 9.86. The van der Waals surface area contributed by atoms with Crippen molar-refractivity contribution in [2.24, 2.45) is 5.41 Å². The molecule has 1 rings (SSSR count). The van der Waals surface area contributed by atoms with Crippen LogP contribution in [-0.2, 0) is 0 Å². The third-order valence-corrected chi connectivity index (χ3v) is 4.24. The molecular weight excluding hydrogens is 198 g/mol. The molecule has 0 heterocycles. The first-order chi connectivity index (χ1) is 7.43. The van der Waals surface area contributed by atoms with Gasteiger partial charge in [0.05, 0.1) is 6.10 Å². The predicted molar refractivity (Wildman–Crippen MR) is 69.6 cm³/mol. The van der Waals surface area contributed by atoms with Gasteiger partial charge in [0.25, 0.3) is 0 Å². The Bertz CT molecular complexity index is 193. The zero-order valence-electron chi connectivity index (χ0n) is 11.5. The maximum atomic E-state index is 9.76. The molecule has 0 amide bonds. The average molecular weight is 227 g/mol. The van der Waals surface area contributed by atoms with Gasteiger partial charge in [-0.05, 0) is 26.8 Å². The van der Waals surface area contributed by atoms with E-state index in [-0.39, 0.29) is 11.5 Å². The van der Waals surface area contributed by atoms with E-state index in [2.05, 4.69) is 25.8 Å². The van der Waals surface area contributed by atoms with Crippen LogP contribution in [0.3, 0.4) is 0 Å². The van der Waals surface area contributed by atoms with Gasteiger partial charge >= 0.3 is 0 Å². The van der Waals surface area contributed by atoms with Crippen molar-refractivity contribution < 1.29 is 5.11 Å². The molecule has 0 aromatic carbocycles. The van der Waals surface area contributed by atoms with Crippen molar-refractivity contribution in [1.82, 2.24) is 4.90 Å². The molecule has 0 aliphatic heterocycles. The lowest BCUT2D eigenvalue weighted by Gasteiger charge is -2.36. The summed E-state index contributed by atoms with van der Waals surface area (Å²) in [6.45, 7) is 7.21. The summed E-state index contributed by atoms with van der Waals surface area (Å²) in [5.74, 6) is 0. The zero-order chi connectivity index (χ0) is 12.2. The van der Waals surface area contributed by atoms with Gasteiger partial charge in [0, 0.05) is 18.0 Å². The Morgan fingerprint density at radius 2 is 1.69 bits per heavy atom. The Balaban J connectivity index is 2.46. The minimum Gasteiger partial charge on any atom is -0.393 e. The van der Waals surface area contributed by atoms with Crippen LogP contribution >= 0.6 is 0 Å². The van der Waals surface area contributed by atoms with Crippen LogP contribution in [-0.4, -0.2) is 35.7 Å². The fourth-order valence-corrected chi connectivity index (χ4v) is 2.60. The number of hydrogen-bond donors (Lipinski definition) is 1. The zero-order valence-corrected chi connectivity index (χ0v) is 11.5. The van der Waals surface area contributed by atoms with Crippen molar-refractivity contribution >= 4 is 0 Å². The number of nitrogens with zero attached hydrogens (tertiary/aromatic N) is 1. The highest BCUT2D eigenvalue weighted by Gasteiger charge is 2.28. The van der Waals surface area contributed by atoms with E-state index in [0.29, 0.717) is 0 Å². The Morgan fingerprint density at radius 3 is 2.12 bits per heavy atom. The molecule has 0 aromatic rings. The Kier molecular flexibility index (Phi) is 5.26. The monoisotopic (exact) mass is 227 g/mol. The summed E-state index contributed by atoms with van der Waals surface area (Å²) in [6, 6.07) is 0.737. The van der Waals surface area contributed by atoms with Crippen LogP contribution in [0.2, 0.25) is 0 Å². The van der Waals surface area contributed by atoms with Gasteiger partial charge in [-0.3, -0.25) is 0 Å². The molecule has 1 atom stereocenters. The van der Waals surface area contributed by atoms with Gasteiger partial charge in [-0.15, -0.1) is 0 Å². The Hall–Kier alpha value is -0.0800. The van der Waals surface area contributed by atoms with Gasteiger partial charge in [0.15, 0.2) is 0 Å². The minimum absolute atomic E-state index is 0.00105. The average Bonchev–Trinajstić information content (AvgIpc) is 2.44. The topological polar surface area (TPSA) is 23.5 Å². The van der Waals surface area contributed by atoms with Gasteiger partial charge < -0.3 is 10.0 Å². The van der Waals surface area contributed by atoms with Gasteiger partial charge in [0.2, 0.25) is 0 Å². The highest BCUT2D eigenvalue weighted by Crippen LogP contribution is 2.26. The minimum atomic E-state index is -0.235. The second kappa shape index (κ2) is 6.02. The third kappa shape index (κ3) is 4.06. The SMILES string of the molecule is CC(O)C(C)(C)CN(C)C1CCCCCC1. The van der Waals surface area contributed by atoms with E-state index in [4.69, 9.17) is 0 Å². The van der Waals surface area contributed by atoms with E-state index in [1.807, 2.05) is 6.92 Å². The molecule has 0 radical (unpaired) electrons. The fourth-order valence-electron chi connectivity index (χ4n) is 2.60. The van der Waals surface area contributed by atoms with Crippen molar-refractivity contribution in [3.8, 4) is 0 Å². The molecule has 1 unspecified atom stereocenters. The molecule has 96 valence electrons. The Morgan fingerprint density at radius 1 is 1.19 bits per heavy atom. The summed E-state index contributed by atoms with van der Waals surface area (Å²) in [4.78, 5) is 2.47. The van der Waals surface area contributed by atoms with Crippen LogP contribution < -0.4 is 0 Å². The van der Waals surface area contributed by atoms with E-state index >= 15 is 0 Å². The molecule has 16 heavy (non-hydrogen) atoms. The number of aliphatic hydroxyl groups is 1. The van der Waals surface area contributed by atoms with E-state index < -0.39 is 0 Å². The van der Waals surface area contributed by atoms with Crippen LogP contribution in [0, 0.1) is 5.41 Å². The fraction of sp³-hybridized carbons (Fsp3) is 1.00. The van der Waals surface area contributed by atoms with Crippen molar-refractivity contribution in [1.29, 1.82) is 0 Å². The van der Waals surface area contributed by atoms with Gasteiger partial charge in [-0.1, -0.05) is 39.5 Å². The van der Waals surface area contributed by atoms with E-state index in [1.54, 1.807) is 0 Å². The quantitative estimate of drug-likeness (QED) is 0.746. The molecule has 1 aliphatic rings. The van der Waals surface area contributed by atoms with Crippen LogP contribution in [0.15, 0.2) is 0 Å². The summed E-state index contributed by atoms with van der Waals surface area (Å²) >= 11 is 0. The van der Waals surface area contributed by atoms with Gasteiger partial charge in [-0.25, -0.2) is 0 Å². The van der Waals surface area contributed by atoms with E-state index in [0.717, 1.165) is 12.6 Å². The second-order valence-corrected chi connectivity index (χ2v) is 6.23. The normalized spacial score (nSPS) is 22.1. The molecule has 1 saturated carbocycles.